The molecule has 29 heavy (non-hydrogen) atoms. The van der Waals surface area contributed by atoms with Gasteiger partial charge in [0.25, 0.3) is 5.22 Å². The van der Waals surface area contributed by atoms with E-state index >= 15 is 0 Å². The highest BCUT2D eigenvalue weighted by atomic mass is 32.2. The predicted molar refractivity (Wildman–Crippen MR) is 116 cm³/mol. The molecule has 2 atom stereocenters. The molecule has 0 spiro atoms. The average molecular weight is 410 g/mol. The lowest BCUT2D eigenvalue weighted by atomic mass is 9.98. The van der Waals surface area contributed by atoms with Gasteiger partial charge < -0.3 is 9.32 Å². The zero-order valence-corrected chi connectivity index (χ0v) is 17.9. The molecule has 3 aromatic rings. The van der Waals surface area contributed by atoms with Gasteiger partial charge in [0, 0.05) is 19.5 Å². The summed E-state index contributed by atoms with van der Waals surface area (Å²) in [5.41, 5.74) is 2.17. The lowest BCUT2D eigenvalue weighted by Crippen LogP contribution is -2.33. The number of likely N-dealkylation sites (N-methyl/N-ethyl adjacent to an activating group) is 1. The first-order valence-corrected chi connectivity index (χ1v) is 10.9. The summed E-state index contributed by atoms with van der Waals surface area (Å²) in [6.07, 6.45) is 0.664. The molecule has 0 saturated heterocycles. The molecule has 0 saturated carbocycles. The van der Waals surface area contributed by atoms with E-state index in [1.54, 1.807) is 0 Å². The van der Waals surface area contributed by atoms with Crippen molar-refractivity contribution in [1.82, 2.24) is 15.1 Å². The van der Waals surface area contributed by atoms with Crippen LogP contribution in [0.15, 0.2) is 70.3 Å². The second kappa shape index (κ2) is 10.3. The van der Waals surface area contributed by atoms with Gasteiger partial charge in [-0.2, -0.15) is 0 Å². The largest absolute Gasteiger partial charge is 0.416 e. The van der Waals surface area contributed by atoms with Gasteiger partial charge in [0.1, 0.15) is 5.25 Å². The first-order chi connectivity index (χ1) is 14.1. The summed E-state index contributed by atoms with van der Waals surface area (Å²) in [6, 6.07) is 20.0. The standard InChI is InChI=1S/C23H27N3O2S/c1-4-26(5-2)22(27)21(19-14-10-7-11-15-19)29-23-25-24-20(28-23)16-17(3)18-12-8-6-9-13-18/h6-15,17,21H,4-5,16H2,1-3H3. The van der Waals surface area contributed by atoms with Crippen molar-refractivity contribution in [3.05, 3.63) is 77.7 Å². The maximum atomic E-state index is 13.1. The molecule has 2 aromatic carbocycles. The number of rotatable bonds is 9. The van der Waals surface area contributed by atoms with Gasteiger partial charge in [-0.15, -0.1) is 10.2 Å². The van der Waals surface area contributed by atoms with Gasteiger partial charge in [0.05, 0.1) is 0 Å². The Hall–Kier alpha value is -2.60. The van der Waals surface area contributed by atoms with Gasteiger partial charge in [-0.3, -0.25) is 4.79 Å². The number of carbonyl (C=O) groups excluding carboxylic acids is 1. The highest BCUT2D eigenvalue weighted by molar-refractivity contribution is 8.00. The van der Waals surface area contributed by atoms with Crippen LogP contribution >= 0.6 is 11.8 Å². The maximum Gasteiger partial charge on any atom is 0.277 e. The summed E-state index contributed by atoms with van der Waals surface area (Å²) in [5, 5.41) is 8.43. The van der Waals surface area contributed by atoms with E-state index in [4.69, 9.17) is 4.42 Å². The second-order valence-corrected chi connectivity index (χ2v) is 7.95. The SMILES string of the molecule is CCN(CC)C(=O)C(Sc1nnc(CC(C)c2ccccc2)o1)c1ccccc1. The minimum absolute atomic E-state index is 0.0589. The number of benzene rings is 2. The van der Waals surface area contributed by atoms with Crippen LogP contribution in [0.3, 0.4) is 0 Å². The van der Waals surface area contributed by atoms with Crippen LogP contribution in [0.5, 0.6) is 0 Å². The number of aromatic nitrogens is 2. The molecule has 3 rings (SSSR count). The molecule has 0 aliphatic heterocycles. The zero-order valence-electron chi connectivity index (χ0n) is 17.1. The number of hydrogen-bond donors (Lipinski definition) is 0. The number of amides is 1. The molecule has 0 aliphatic carbocycles. The second-order valence-electron chi connectivity index (χ2n) is 6.90. The van der Waals surface area contributed by atoms with Crippen LogP contribution in [0, 0.1) is 0 Å². The topological polar surface area (TPSA) is 59.2 Å². The van der Waals surface area contributed by atoms with Gasteiger partial charge in [-0.25, -0.2) is 0 Å². The average Bonchev–Trinajstić information content (AvgIpc) is 3.21. The van der Waals surface area contributed by atoms with E-state index in [2.05, 4.69) is 29.3 Å². The molecule has 1 aromatic heterocycles. The Kier molecular flexibility index (Phi) is 7.47. The summed E-state index contributed by atoms with van der Waals surface area (Å²) in [7, 11) is 0. The van der Waals surface area contributed by atoms with Crippen LogP contribution in [0.1, 0.15) is 49.0 Å². The van der Waals surface area contributed by atoms with Crippen LogP contribution in [0.2, 0.25) is 0 Å². The number of thioether (sulfide) groups is 1. The van der Waals surface area contributed by atoms with Crippen LogP contribution in [-0.2, 0) is 11.2 Å². The van der Waals surface area contributed by atoms with Crippen molar-refractivity contribution in [3.63, 3.8) is 0 Å². The number of carbonyl (C=O) groups is 1. The number of hydrogen-bond acceptors (Lipinski definition) is 5. The van der Waals surface area contributed by atoms with E-state index in [-0.39, 0.29) is 11.8 Å². The molecule has 0 N–H and O–H groups in total. The Morgan fingerprint density at radius 1 is 0.966 bits per heavy atom. The molecule has 0 bridgehead atoms. The lowest BCUT2D eigenvalue weighted by Gasteiger charge is -2.24. The molecule has 0 fully saturated rings. The lowest BCUT2D eigenvalue weighted by molar-refractivity contribution is -0.130. The smallest absolute Gasteiger partial charge is 0.277 e. The van der Waals surface area contributed by atoms with Crippen molar-refractivity contribution < 1.29 is 9.21 Å². The highest BCUT2D eigenvalue weighted by Gasteiger charge is 2.28. The maximum absolute atomic E-state index is 13.1. The normalized spacial score (nSPS) is 13.1. The summed E-state index contributed by atoms with van der Waals surface area (Å²) >= 11 is 1.32. The van der Waals surface area contributed by atoms with Crippen molar-refractivity contribution in [2.24, 2.45) is 0 Å². The first-order valence-electron chi connectivity index (χ1n) is 10.00. The van der Waals surface area contributed by atoms with Gasteiger partial charge in [0.2, 0.25) is 11.8 Å². The molecule has 2 unspecified atom stereocenters. The summed E-state index contributed by atoms with van der Waals surface area (Å²) in [5.74, 6) is 0.922. The fourth-order valence-corrected chi connectivity index (χ4v) is 4.20. The Morgan fingerprint density at radius 2 is 1.55 bits per heavy atom. The van der Waals surface area contributed by atoms with Gasteiger partial charge in [0.15, 0.2) is 0 Å². The van der Waals surface area contributed by atoms with E-state index in [1.807, 2.05) is 67.3 Å². The molecular weight excluding hydrogens is 382 g/mol. The fourth-order valence-electron chi connectivity index (χ4n) is 3.22. The third-order valence-corrected chi connectivity index (χ3v) is 5.99. The van der Waals surface area contributed by atoms with Gasteiger partial charge in [-0.05, 0) is 42.7 Å². The quantitative estimate of drug-likeness (QED) is 0.459. The number of nitrogens with zero attached hydrogens (tertiary/aromatic N) is 3. The minimum Gasteiger partial charge on any atom is -0.416 e. The van der Waals surface area contributed by atoms with Crippen molar-refractivity contribution in [3.8, 4) is 0 Å². The Morgan fingerprint density at radius 3 is 2.14 bits per heavy atom. The molecule has 1 amide bonds. The monoisotopic (exact) mass is 409 g/mol. The van der Waals surface area contributed by atoms with Crippen molar-refractivity contribution in [1.29, 1.82) is 0 Å². The molecule has 1 heterocycles. The van der Waals surface area contributed by atoms with E-state index in [1.165, 1.54) is 17.3 Å². The molecule has 0 aliphatic rings. The summed E-state index contributed by atoms with van der Waals surface area (Å²) in [6.45, 7) is 7.46. The van der Waals surface area contributed by atoms with Gasteiger partial charge in [-0.1, -0.05) is 67.6 Å². The van der Waals surface area contributed by atoms with E-state index in [0.717, 1.165) is 5.56 Å². The Bertz CT molecular complexity index is 895. The van der Waals surface area contributed by atoms with Crippen molar-refractivity contribution in [2.45, 2.75) is 43.6 Å². The zero-order chi connectivity index (χ0) is 20.6. The molecule has 152 valence electrons. The third kappa shape index (κ3) is 5.48. The third-order valence-electron chi connectivity index (χ3n) is 4.92. The summed E-state index contributed by atoms with van der Waals surface area (Å²) in [4.78, 5) is 14.9. The van der Waals surface area contributed by atoms with Crippen LogP contribution in [0.4, 0.5) is 0 Å². The predicted octanol–water partition coefficient (Wildman–Crippen LogP) is 5.12. The minimum atomic E-state index is -0.407. The fraction of sp³-hybridized carbons (Fsp3) is 0.348. The molecular formula is C23H27N3O2S. The van der Waals surface area contributed by atoms with E-state index in [0.29, 0.717) is 30.6 Å². The molecule has 6 heteroatoms. The van der Waals surface area contributed by atoms with E-state index < -0.39 is 5.25 Å². The van der Waals surface area contributed by atoms with Crippen LogP contribution in [-0.4, -0.2) is 34.1 Å². The first kappa shape index (κ1) is 21.1. The van der Waals surface area contributed by atoms with Crippen molar-refractivity contribution >= 4 is 17.7 Å². The molecule has 0 radical (unpaired) electrons. The van der Waals surface area contributed by atoms with Crippen LogP contribution < -0.4 is 0 Å². The Balaban J connectivity index is 1.75. The van der Waals surface area contributed by atoms with Crippen LogP contribution in [0.25, 0.3) is 0 Å². The highest BCUT2D eigenvalue weighted by Crippen LogP contribution is 2.36. The van der Waals surface area contributed by atoms with E-state index in [9.17, 15) is 4.79 Å². The van der Waals surface area contributed by atoms with Gasteiger partial charge >= 0.3 is 0 Å². The Labute approximate surface area is 176 Å². The molecule has 5 nitrogen and oxygen atoms in total. The summed E-state index contributed by atoms with van der Waals surface area (Å²) < 4.78 is 5.89. The van der Waals surface area contributed by atoms with Crippen molar-refractivity contribution in [2.75, 3.05) is 13.1 Å².